The van der Waals surface area contributed by atoms with Gasteiger partial charge in [0, 0.05) is 0 Å². The zero-order chi connectivity index (χ0) is 18.3. The molecule has 7 heteroatoms. The van der Waals surface area contributed by atoms with E-state index in [-0.39, 0.29) is 16.9 Å². The summed E-state index contributed by atoms with van der Waals surface area (Å²) in [5.41, 5.74) is 1.02. The van der Waals surface area contributed by atoms with Crippen LogP contribution in [0.3, 0.4) is 0 Å². The summed E-state index contributed by atoms with van der Waals surface area (Å²) in [6.45, 7) is 2.13. The van der Waals surface area contributed by atoms with Crippen LogP contribution in [0, 0.1) is 0 Å². The molecule has 0 spiro atoms. The lowest BCUT2D eigenvalue weighted by molar-refractivity contribution is 0.0900. The van der Waals surface area contributed by atoms with Gasteiger partial charge in [0.1, 0.15) is 0 Å². The number of nitrogens with one attached hydrogen (secondary N) is 2. The molecule has 1 aromatic heterocycles. The SMILES string of the molecule is CCCCCC(NC(=O)c1ccc(S(=O)(=O)NC)o1)c1ccccc1. The molecular formula is C18H24N2O4S. The summed E-state index contributed by atoms with van der Waals surface area (Å²) in [4.78, 5) is 12.5. The van der Waals surface area contributed by atoms with Gasteiger partial charge in [-0.3, -0.25) is 4.79 Å². The van der Waals surface area contributed by atoms with Crippen LogP contribution >= 0.6 is 0 Å². The molecule has 0 radical (unpaired) electrons. The summed E-state index contributed by atoms with van der Waals surface area (Å²) in [7, 11) is -2.42. The van der Waals surface area contributed by atoms with Crippen molar-refractivity contribution in [3.8, 4) is 0 Å². The van der Waals surface area contributed by atoms with Crippen LogP contribution in [0.4, 0.5) is 0 Å². The Balaban J connectivity index is 2.14. The van der Waals surface area contributed by atoms with Crippen molar-refractivity contribution in [2.75, 3.05) is 7.05 Å². The molecule has 0 bridgehead atoms. The summed E-state index contributed by atoms with van der Waals surface area (Å²) < 4.78 is 30.8. The zero-order valence-electron chi connectivity index (χ0n) is 14.5. The second-order valence-corrected chi connectivity index (χ2v) is 7.58. The molecule has 6 nitrogen and oxygen atoms in total. The Bertz CT molecular complexity index is 784. The van der Waals surface area contributed by atoms with E-state index >= 15 is 0 Å². The predicted molar refractivity (Wildman–Crippen MR) is 95.7 cm³/mol. The van der Waals surface area contributed by atoms with Crippen LogP contribution in [0.5, 0.6) is 0 Å². The highest BCUT2D eigenvalue weighted by Crippen LogP contribution is 2.21. The summed E-state index contributed by atoms with van der Waals surface area (Å²) >= 11 is 0. The van der Waals surface area contributed by atoms with Crippen LogP contribution in [0.1, 0.15) is 54.8 Å². The van der Waals surface area contributed by atoms with Gasteiger partial charge < -0.3 is 9.73 Å². The highest BCUT2D eigenvalue weighted by atomic mass is 32.2. The Labute approximate surface area is 148 Å². The number of carbonyl (C=O) groups is 1. The lowest BCUT2D eigenvalue weighted by atomic mass is 10.0. The van der Waals surface area contributed by atoms with Crippen molar-refractivity contribution in [3.05, 3.63) is 53.8 Å². The molecule has 1 atom stereocenters. The van der Waals surface area contributed by atoms with E-state index in [0.29, 0.717) is 0 Å². The fourth-order valence-corrected chi connectivity index (χ4v) is 3.17. The van der Waals surface area contributed by atoms with E-state index in [2.05, 4.69) is 17.0 Å². The van der Waals surface area contributed by atoms with E-state index in [1.54, 1.807) is 0 Å². The molecule has 1 unspecified atom stereocenters. The Morgan fingerprint density at radius 3 is 2.48 bits per heavy atom. The highest BCUT2D eigenvalue weighted by Gasteiger charge is 2.21. The van der Waals surface area contributed by atoms with Crippen molar-refractivity contribution in [1.29, 1.82) is 0 Å². The van der Waals surface area contributed by atoms with Gasteiger partial charge in [-0.1, -0.05) is 56.5 Å². The molecule has 1 amide bonds. The van der Waals surface area contributed by atoms with E-state index in [4.69, 9.17) is 4.42 Å². The largest absolute Gasteiger partial charge is 0.438 e. The van der Waals surface area contributed by atoms with Crippen molar-refractivity contribution >= 4 is 15.9 Å². The van der Waals surface area contributed by atoms with Crippen LogP contribution in [-0.4, -0.2) is 21.4 Å². The summed E-state index contributed by atoms with van der Waals surface area (Å²) in [6, 6.07) is 12.2. The minimum absolute atomic E-state index is 0.0229. The first-order valence-electron chi connectivity index (χ1n) is 8.37. The molecule has 136 valence electrons. The van der Waals surface area contributed by atoms with Crippen molar-refractivity contribution in [3.63, 3.8) is 0 Å². The van der Waals surface area contributed by atoms with Gasteiger partial charge in [-0.2, -0.15) is 0 Å². The number of benzene rings is 1. The molecule has 0 fully saturated rings. The number of sulfonamides is 1. The standard InChI is InChI=1S/C18H24N2O4S/c1-3-4-6-11-15(14-9-7-5-8-10-14)20-18(21)16-12-13-17(24-16)25(22,23)19-2/h5,7-10,12-13,15,19H,3-4,6,11H2,1-2H3,(H,20,21). The molecule has 0 aliphatic heterocycles. The highest BCUT2D eigenvalue weighted by molar-refractivity contribution is 7.89. The second-order valence-electron chi connectivity index (χ2n) is 5.76. The number of hydrogen-bond acceptors (Lipinski definition) is 4. The van der Waals surface area contributed by atoms with Gasteiger partial charge in [-0.15, -0.1) is 0 Å². The first-order valence-corrected chi connectivity index (χ1v) is 9.85. The smallest absolute Gasteiger partial charge is 0.287 e. The van der Waals surface area contributed by atoms with Crippen LogP contribution < -0.4 is 10.0 Å². The van der Waals surface area contributed by atoms with Crippen molar-refractivity contribution in [2.45, 2.75) is 43.7 Å². The van der Waals surface area contributed by atoms with Gasteiger partial charge in [-0.25, -0.2) is 13.1 Å². The van der Waals surface area contributed by atoms with Crippen molar-refractivity contribution in [1.82, 2.24) is 10.0 Å². The molecule has 0 saturated heterocycles. The third kappa shape index (κ3) is 5.17. The van der Waals surface area contributed by atoms with Gasteiger partial charge in [0.25, 0.3) is 15.9 Å². The predicted octanol–water partition coefficient (Wildman–Crippen LogP) is 3.24. The third-order valence-electron chi connectivity index (χ3n) is 3.94. The van der Waals surface area contributed by atoms with Crippen LogP contribution in [0.15, 0.2) is 52.0 Å². The van der Waals surface area contributed by atoms with Crippen LogP contribution in [0.25, 0.3) is 0 Å². The topological polar surface area (TPSA) is 88.4 Å². The Hall–Kier alpha value is -2.12. The summed E-state index contributed by atoms with van der Waals surface area (Å²) in [6.07, 6.45) is 3.99. The number of rotatable bonds is 9. The molecule has 2 N–H and O–H groups in total. The van der Waals surface area contributed by atoms with E-state index in [9.17, 15) is 13.2 Å². The van der Waals surface area contributed by atoms with E-state index in [1.807, 2.05) is 30.3 Å². The molecule has 2 aromatic rings. The maximum atomic E-state index is 12.5. The van der Waals surface area contributed by atoms with E-state index < -0.39 is 15.9 Å². The lowest BCUT2D eigenvalue weighted by Gasteiger charge is -2.18. The number of amides is 1. The molecule has 0 saturated carbocycles. The fourth-order valence-electron chi connectivity index (χ4n) is 2.52. The van der Waals surface area contributed by atoms with Gasteiger partial charge in [0.2, 0.25) is 5.09 Å². The van der Waals surface area contributed by atoms with Gasteiger partial charge in [0.05, 0.1) is 6.04 Å². The molecule has 0 aliphatic rings. The Morgan fingerprint density at radius 2 is 1.84 bits per heavy atom. The van der Waals surface area contributed by atoms with Crippen molar-refractivity contribution in [2.24, 2.45) is 0 Å². The first kappa shape index (κ1) is 19.2. The molecule has 1 aromatic carbocycles. The molecule has 0 aliphatic carbocycles. The normalized spacial score (nSPS) is 12.7. The number of carbonyl (C=O) groups excluding carboxylic acids is 1. The van der Waals surface area contributed by atoms with Gasteiger partial charge in [-0.05, 0) is 31.2 Å². The molecule has 1 heterocycles. The number of hydrogen-bond donors (Lipinski definition) is 2. The summed E-state index contributed by atoms with van der Waals surface area (Å²) in [5.74, 6) is -0.451. The van der Waals surface area contributed by atoms with E-state index in [1.165, 1.54) is 19.2 Å². The van der Waals surface area contributed by atoms with Crippen LogP contribution in [0.2, 0.25) is 0 Å². The Kier molecular flexibility index (Phi) is 6.78. The average molecular weight is 364 g/mol. The molecular weight excluding hydrogens is 340 g/mol. The quantitative estimate of drug-likeness (QED) is 0.669. The fraction of sp³-hybridized carbons (Fsp3) is 0.389. The van der Waals surface area contributed by atoms with Gasteiger partial charge in [0.15, 0.2) is 5.76 Å². The summed E-state index contributed by atoms with van der Waals surface area (Å²) in [5, 5.41) is 2.67. The first-order chi connectivity index (χ1) is 12.0. The van der Waals surface area contributed by atoms with Gasteiger partial charge >= 0.3 is 0 Å². The monoisotopic (exact) mass is 364 g/mol. The Morgan fingerprint density at radius 1 is 1.12 bits per heavy atom. The zero-order valence-corrected chi connectivity index (χ0v) is 15.3. The number of furan rings is 1. The maximum Gasteiger partial charge on any atom is 0.287 e. The van der Waals surface area contributed by atoms with E-state index in [0.717, 1.165) is 31.2 Å². The molecule has 2 rings (SSSR count). The molecule has 25 heavy (non-hydrogen) atoms. The number of unbranched alkanes of at least 4 members (excludes halogenated alkanes) is 2. The third-order valence-corrected chi connectivity index (χ3v) is 5.23. The minimum Gasteiger partial charge on any atom is -0.438 e. The second kappa shape index (κ2) is 8.82. The minimum atomic E-state index is -3.71. The lowest BCUT2D eigenvalue weighted by Crippen LogP contribution is -2.28. The maximum absolute atomic E-state index is 12.5. The van der Waals surface area contributed by atoms with Crippen LogP contribution in [-0.2, 0) is 10.0 Å². The average Bonchev–Trinajstić information content (AvgIpc) is 3.13. The van der Waals surface area contributed by atoms with Crippen molar-refractivity contribution < 1.29 is 17.6 Å².